The molecule has 0 bridgehead atoms. The number of ether oxygens (including phenoxy) is 1. The third kappa shape index (κ3) is 4.27. The number of carbonyl (C=O) groups is 2. The van der Waals surface area contributed by atoms with E-state index < -0.39 is 0 Å². The van der Waals surface area contributed by atoms with Crippen molar-refractivity contribution in [2.24, 2.45) is 11.8 Å². The van der Waals surface area contributed by atoms with Gasteiger partial charge in [-0.1, -0.05) is 13.8 Å². The first-order valence-electron chi connectivity index (χ1n) is 8.48. The molecule has 6 heteroatoms. The summed E-state index contributed by atoms with van der Waals surface area (Å²) in [6.45, 7) is 8.92. The molecule has 3 amide bonds. The number of nitrogens with one attached hydrogen (secondary N) is 1. The van der Waals surface area contributed by atoms with Crippen LogP contribution in [0.4, 0.5) is 9.59 Å². The van der Waals surface area contributed by atoms with Crippen molar-refractivity contribution < 1.29 is 14.3 Å². The van der Waals surface area contributed by atoms with Gasteiger partial charge in [-0.15, -0.1) is 0 Å². The van der Waals surface area contributed by atoms with Crippen molar-refractivity contribution in [3.05, 3.63) is 0 Å². The number of urea groups is 1. The van der Waals surface area contributed by atoms with Gasteiger partial charge in [-0.25, -0.2) is 9.59 Å². The molecule has 0 radical (unpaired) electrons. The van der Waals surface area contributed by atoms with Crippen LogP contribution in [0.25, 0.3) is 0 Å². The molecule has 0 spiro atoms. The molecule has 1 saturated heterocycles. The molecule has 1 saturated carbocycles. The monoisotopic (exact) mass is 311 g/mol. The molecule has 1 aliphatic heterocycles. The van der Waals surface area contributed by atoms with E-state index in [-0.39, 0.29) is 18.2 Å². The lowest BCUT2D eigenvalue weighted by Crippen LogP contribution is -2.55. The number of piperazine rings is 1. The van der Waals surface area contributed by atoms with Gasteiger partial charge in [-0.05, 0) is 38.0 Å². The first-order valence-corrected chi connectivity index (χ1v) is 8.48. The van der Waals surface area contributed by atoms with Gasteiger partial charge < -0.3 is 19.9 Å². The SMILES string of the molecule is CCOC(=O)N1CCN(C(=O)N[C@@H]2CC[C@H](C)C[C@@H]2C)CC1. The second-order valence-electron chi connectivity index (χ2n) is 6.62. The van der Waals surface area contributed by atoms with Crippen LogP contribution in [0.3, 0.4) is 0 Å². The summed E-state index contributed by atoms with van der Waals surface area (Å²) in [6, 6.07) is 0.293. The maximum absolute atomic E-state index is 12.4. The standard InChI is InChI=1S/C16H29N3O3/c1-4-22-16(21)19-9-7-18(8-10-19)15(20)17-14-6-5-12(2)11-13(14)3/h12-14H,4-11H2,1-3H3,(H,17,20)/t12-,13-,14+/m0/s1. The van der Waals surface area contributed by atoms with Gasteiger partial charge >= 0.3 is 12.1 Å². The van der Waals surface area contributed by atoms with Crippen molar-refractivity contribution in [2.45, 2.75) is 46.1 Å². The first kappa shape index (κ1) is 16.9. The molecule has 0 aromatic rings. The Morgan fingerprint density at radius 2 is 1.73 bits per heavy atom. The lowest BCUT2D eigenvalue weighted by molar-refractivity contribution is 0.0838. The summed E-state index contributed by atoms with van der Waals surface area (Å²) in [5.74, 6) is 1.30. The minimum Gasteiger partial charge on any atom is -0.450 e. The topological polar surface area (TPSA) is 61.9 Å². The van der Waals surface area contributed by atoms with Crippen molar-refractivity contribution in [1.29, 1.82) is 0 Å². The highest BCUT2D eigenvalue weighted by atomic mass is 16.6. The molecule has 3 atom stereocenters. The van der Waals surface area contributed by atoms with E-state index in [0.717, 1.165) is 12.3 Å². The van der Waals surface area contributed by atoms with E-state index in [1.54, 1.807) is 16.7 Å². The number of carbonyl (C=O) groups excluding carboxylic acids is 2. The van der Waals surface area contributed by atoms with Crippen molar-refractivity contribution in [1.82, 2.24) is 15.1 Å². The highest BCUT2D eigenvalue weighted by molar-refractivity contribution is 5.75. The largest absolute Gasteiger partial charge is 0.450 e. The quantitative estimate of drug-likeness (QED) is 0.851. The second-order valence-corrected chi connectivity index (χ2v) is 6.62. The van der Waals surface area contributed by atoms with Crippen molar-refractivity contribution in [2.75, 3.05) is 32.8 Å². The number of hydrogen-bond acceptors (Lipinski definition) is 3. The third-order valence-corrected chi connectivity index (χ3v) is 4.83. The highest BCUT2D eigenvalue weighted by Crippen LogP contribution is 2.28. The smallest absolute Gasteiger partial charge is 0.409 e. The van der Waals surface area contributed by atoms with Crippen molar-refractivity contribution >= 4 is 12.1 Å². The molecule has 0 unspecified atom stereocenters. The van der Waals surface area contributed by atoms with Crippen LogP contribution in [0.1, 0.15) is 40.0 Å². The molecule has 0 aromatic carbocycles. The number of nitrogens with zero attached hydrogens (tertiary/aromatic N) is 2. The Bertz CT molecular complexity index is 394. The van der Waals surface area contributed by atoms with Crippen molar-refractivity contribution in [3.8, 4) is 0 Å². The average molecular weight is 311 g/mol. The minimum atomic E-state index is -0.280. The van der Waals surface area contributed by atoms with E-state index in [1.807, 2.05) is 0 Å². The number of rotatable bonds is 2. The molecule has 1 aliphatic carbocycles. The lowest BCUT2D eigenvalue weighted by Gasteiger charge is -2.37. The summed E-state index contributed by atoms with van der Waals surface area (Å²) in [5, 5.41) is 3.18. The van der Waals surface area contributed by atoms with E-state index in [0.29, 0.717) is 38.7 Å². The highest BCUT2D eigenvalue weighted by Gasteiger charge is 2.30. The van der Waals surface area contributed by atoms with E-state index in [2.05, 4.69) is 19.2 Å². The Morgan fingerprint density at radius 3 is 2.32 bits per heavy atom. The van der Waals surface area contributed by atoms with Crippen LogP contribution >= 0.6 is 0 Å². The molecule has 2 fully saturated rings. The summed E-state index contributed by atoms with van der Waals surface area (Å²) in [5.41, 5.74) is 0. The van der Waals surface area contributed by atoms with E-state index in [4.69, 9.17) is 4.74 Å². The molecule has 1 heterocycles. The van der Waals surface area contributed by atoms with Crippen LogP contribution < -0.4 is 5.32 Å². The fourth-order valence-corrected chi connectivity index (χ4v) is 3.44. The predicted molar refractivity (Wildman–Crippen MR) is 84.7 cm³/mol. The molecule has 22 heavy (non-hydrogen) atoms. The minimum absolute atomic E-state index is 0.00918. The molecule has 2 aliphatic rings. The summed E-state index contributed by atoms with van der Waals surface area (Å²) in [4.78, 5) is 27.5. The maximum atomic E-state index is 12.4. The van der Waals surface area contributed by atoms with Gasteiger partial charge in [-0.2, -0.15) is 0 Å². The van der Waals surface area contributed by atoms with Gasteiger partial charge in [0.25, 0.3) is 0 Å². The molecule has 6 nitrogen and oxygen atoms in total. The molecule has 0 aromatic heterocycles. The fraction of sp³-hybridized carbons (Fsp3) is 0.875. The van der Waals surface area contributed by atoms with E-state index in [9.17, 15) is 9.59 Å². The summed E-state index contributed by atoms with van der Waals surface area (Å²) < 4.78 is 4.99. The maximum Gasteiger partial charge on any atom is 0.409 e. The van der Waals surface area contributed by atoms with Gasteiger partial charge in [0.1, 0.15) is 0 Å². The van der Waals surface area contributed by atoms with Gasteiger partial charge in [0.2, 0.25) is 0 Å². The number of amides is 3. The lowest BCUT2D eigenvalue weighted by atomic mass is 9.80. The zero-order chi connectivity index (χ0) is 16.1. The Morgan fingerprint density at radius 1 is 1.09 bits per heavy atom. The van der Waals surface area contributed by atoms with E-state index in [1.165, 1.54) is 12.8 Å². The Balaban J connectivity index is 1.76. The Labute approximate surface area is 133 Å². The van der Waals surface area contributed by atoms with Crippen LogP contribution in [0.2, 0.25) is 0 Å². The summed E-state index contributed by atoms with van der Waals surface area (Å²) in [7, 11) is 0. The van der Waals surface area contributed by atoms with Gasteiger partial charge in [0.05, 0.1) is 6.61 Å². The normalized spacial score (nSPS) is 29.1. The van der Waals surface area contributed by atoms with E-state index >= 15 is 0 Å². The molecule has 126 valence electrons. The van der Waals surface area contributed by atoms with Crippen LogP contribution in [0, 0.1) is 11.8 Å². The zero-order valence-electron chi connectivity index (χ0n) is 14.0. The average Bonchev–Trinajstić information content (AvgIpc) is 2.50. The number of hydrogen-bond donors (Lipinski definition) is 1. The molecular weight excluding hydrogens is 282 g/mol. The first-order chi connectivity index (χ1) is 10.5. The van der Waals surface area contributed by atoms with Gasteiger partial charge in [0.15, 0.2) is 0 Å². The Kier molecular flexibility index (Phi) is 5.91. The van der Waals surface area contributed by atoms with Crippen LogP contribution in [0.5, 0.6) is 0 Å². The van der Waals surface area contributed by atoms with Crippen LogP contribution in [-0.4, -0.2) is 60.8 Å². The van der Waals surface area contributed by atoms with Crippen LogP contribution in [0.15, 0.2) is 0 Å². The molecule has 2 rings (SSSR count). The summed E-state index contributed by atoms with van der Waals surface area (Å²) in [6.07, 6.45) is 3.15. The molecular formula is C16H29N3O3. The summed E-state index contributed by atoms with van der Waals surface area (Å²) >= 11 is 0. The second kappa shape index (κ2) is 7.70. The Hall–Kier alpha value is -1.46. The van der Waals surface area contributed by atoms with Gasteiger partial charge in [-0.3, -0.25) is 0 Å². The molecule has 1 N–H and O–H groups in total. The van der Waals surface area contributed by atoms with Gasteiger partial charge in [0, 0.05) is 32.2 Å². The zero-order valence-corrected chi connectivity index (χ0v) is 14.0. The fourth-order valence-electron chi connectivity index (χ4n) is 3.44. The third-order valence-electron chi connectivity index (χ3n) is 4.83. The van der Waals surface area contributed by atoms with Crippen molar-refractivity contribution in [3.63, 3.8) is 0 Å². The van der Waals surface area contributed by atoms with Crippen LogP contribution in [-0.2, 0) is 4.74 Å². The predicted octanol–water partition coefficient (Wildman–Crippen LogP) is 2.29.